The maximum absolute atomic E-state index is 13.7. The van der Waals surface area contributed by atoms with Gasteiger partial charge in [-0.15, -0.1) is 0 Å². The molecule has 1 saturated heterocycles. The van der Waals surface area contributed by atoms with Crippen LogP contribution >= 0.6 is 11.3 Å². The molecule has 0 saturated carbocycles. The summed E-state index contributed by atoms with van der Waals surface area (Å²) in [5.41, 5.74) is 2.95. The molecule has 0 aliphatic carbocycles. The van der Waals surface area contributed by atoms with Crippen molar-refractivity contribution in [1.29, 1.82) is 0 Å². The van der Waals surface area contributed by atoms with Gasteiger partial charge in [-0.05, 0) is 53.4 Å². The zero-order valence-electron chi connectivity index (χ0n) is 19.0. The van der Waals surface area contributed by atoms with Crippen LogP contribution in [0.1, 0.15) is 29.3 Å². The lowest BCUT2D eigenvalue weighted by Gasteiger charge is -2.27. The lowest BCUT2D eigenvalue weighted by atomic mass is 10.1. The van der Waals surface area contributed by atoms with E-state index in [2.05, 4.69) is 42.2 Å². The summed E-state index contributed by atoms with van der Waals surface area (Å²) in [4.78, 5) is 22.9. The first kappa shape index (κ1) is 22.0. The highest BCUT2D eigenvalue weighted by Crippen LogP contribution is 2.31. The Balaban J connectivity index is 1.43. The van der Waals surface area contributed by atoms with Gasteiger partial charge in [0, 0.05) is 31.7 Å². The summed E-state index contributed by atoms with van der Waals surface area (Å²) in [6, 6.07) is 20.5. The minimum absolute atomic E-state index is 0.0116. The smallest absolute Gasteiger partial charge is 0.260 e. The first-order chi connectivity index (χ1) is 16.2. The van der Waals surface area contributed by atoms with Crippen molar-refractivity contribution in [2.24, 2.45) is 0 Å². The molecule has 0 bridgehead atoms. The van der Waals surface area contributed by atoms with Crippen LogP contribution in [0.3, 0.4) is 0 Å². The van der Waals surface area contributed by atoms with Crippen molar-refractivity contribution in [3.05, 3.63) is 71.8 Å². The largest absolute Gasteiger partial charge is 0.379 e. The minimum Gasteiger partial charge on any atom is -0.379 e. The van der Waals surface area contributed by atoms with Crippen molar-refractivity contribution in [2.45, 2.75) is 19.8 Å². The van der Waals surface area contributed by atoms with Crippen LogP contribution in [-0.2, 0) is 11.2 Å². The highest BCUT2D eigenvalue weighted by Gasteiger charge is 2.22. The monoisotopic (exact) mass is 459 g/mol. The standard InChI is InChI=1S/C27H29N3O2S/c1-2-20-8-11-24-25(18-20)33-27(28-24)30(13-5-12-29-14-16-32-17-15-29)26(31)23-10-9-21-6-3-4-7-22(21)19-23/h3-4,6-11,18-19H,2,5,12-17H2,1H3. The van der Waals surface area contributed by atoms with Gasteiger partial charge < -0.3 is 4.74 Å². The number of hydrogen-bond acceptors (Lipinski definition) is 5. The van der Waals surface area contributed by atoms with Gasteiger partial charge in [-0.1, -0.05) is 54.7 Å². The van der Waals surface area contributed by atoms with Gasteiger partial charge in [-0.3, -0.25) is 14.6 Å². The molecule has 1 aliphatic heterocycles. The number of carbonyl (C=O) groups is 1. The third kappa shape index (κ3) is 4.93. The number of morpholine rings is 1. The number of fused-ring (bicyclic) bond motifs is 2. The average Bonchev–Trinajstić information content (AvgIpc) is 3.29. The fourth-order valence-corrected chi connectivity index (χ4v) is 5.39. The van der Waals surface area contributed by atoms with Gasteiger partial charge in [0.2, 0.25) is 0 Å². The minimum atomic E-state index is 0.0116. The first-order valence-electron chi connectivity index (χ1n) is 11.7. The highest BCUT2D eigenvalue weighted by atomic mass is 32.1. The number of rotatable bonds is 7. The second-order valence-electron chi connectivity index (χ2n) is 8.48. The number of aromatic nitrogens is 1. The molecule has 5 rings (SSSR count). The fraction of sp³-hybridized carbons (Fsp3) is 0.333. The van der Waals surface area contributed by atoms with Gasteiger partial charge in [0.1, 0.15) is 0 Å². The fourth-order valence-electron chi connectivity index (χ4n) is 4.33. The summed E-state index contributed by atoms with van der Waals surface area (Å²) >= 11 is 1.61. The van der Waals surface area contributed by atoms with Gasteiger partial charge in [0.25, 0.3) is 5.91 Å². The molecule has 0 unspecified atom stereocenters. The molecule has 0 atom stereocenters. The predicted octanol–water partition coefficient (Wildman–Crippen LogP) is 5.38. The van der Waals surface area contributed by atoms with Crippen molar-refractivity contribution < 1.29 is 9.53 Å². The van der Waals surface area contributed by atoms with Crippen molar-refractivity contribution in [3.8, 4) is 0 Å². The Morgan fingerprint density at radius 2 is 1.88 bits per heavy atom. The number of anilines is 1. The number of nitrogens with zero attached hydrogens (tertiary/aromatic N) is 3. The van der Waals surface area contributed by atoms with Crippen molar-refractivity contribution in [2.75, 3.05) is 44.3 Å². The van der Waals surface area contributed by atoms with Crippen molar-refractivity contribution in [3.63, 3.8) is 0 Å². The number of aryl methyl sites for hydroxylation is 1. The van der Waals surface area contributed by atoms with E-state index in [1.54, 1.807) is 11.3 Å². The second kappa shape index (κ2) is 10.00. The number of amides is 1. The van der Waals surface area contributed by atoms with Crippen LogP contribution in [0.25, 0.3) is 21.0 Å². The van der Waals surface area contributed by atoms with Crippen LogP contribution in [0.15, 0.2) is 60.7 Å². The summed E-state index contributed by atoms with van der Waals surface area (Å²) in [6.07, 6.45) is 1.89. The molecule has 33 heavy (non-hydrogen) atoms. The van der Waals surface area contributed by atoms with Gasteiger partial charge >= 0.3 is 0 Å². The van der Waals surface area contributed by atoms with Crippen molar-refractivity contribution >= 4 is 43.4 Å². The predicted molar refractivity (Wildman–Crippen MR) is 136 cm³/mol. The summed E-state index contributed by atoms with van der Waals surface area (Å²) in [7, 11) is 0. The molecule has 0 radical (unpaired) electrons. The third-order valence-electron chi connectivity index (χ3n) is 6.28. The lowest BCUT2D eigenvalue weighted by molar-refractivity contribution is 0.0376. The van der Waals surface area contributed by atoms with E-state index in [0.29, 0.717) is 12.1 Å². The molecule has 170 valence electrons. The Kier molecular flexibility index (Phi) is 6.67. The van der Waals surface area contributed by atoms with Crippen LogP contribution in [0, 0.1) is 0 Å². The average molecular weight is 460 g/mol. The summed E-state index contributed by atoms with van der Waals surface area (Å²) < 4.78 is 6.60. The van der Waals surface area contributed by atoms with E-state index < -0.39 is 0 Å². The van der Waals surface area contributed by atoms with E-state index in [-0.39, 0.29) is 5.91 Å². The van der Waals surface area contributed by atoms with Gasteiger partial charge in [-0.25, -0.2) is 4.98 Å². The Morgan fingerprint density at radius 1 is 1.06 bits per heavy atom. The normalized spacial score (nSPS) is 14.7. The maximum atomic E-state index is 13.7. The molecule has 0 spiro atoms. The third-order valence-corrected chi connectivity index (χ3v) is 7.32. The van der Waals surface area contributed by atoms with E-state index in [9.17, 15) is 4.79 Å². The number of ether oxygens (including phenoxy) is 1. The van der Waals surface area contributed by atoms with E-state index >= 15 is 0 Å². The van der Waals surface area contributed by atoms with E-state index in [0.717, 1.165) is 71.8 Å². The molecule has 0 N–H and O–H groups in total. The highest BCUT2D eigenvalue weighted by molar-refractivity contribution is 7.22. The van der Waals surface area contributed by atoms with E-state index in [1.165, 1.54) is 5.56 Å². The molecule has 1 amide bonds. The van der Waals surface area contributed by atoms with Crippen LogP contribution in [0.2, 0.25) is 0 Å². The topological polar surface area (TPSA) is 45.7 Å². The van der Waals surface area contributed by atoms with Crippen LogP contribution in [0.4, 0.5) is 5.13 Å². The number of benzene rings is 3. The molecular formula is C27H29N3O2S. The molecular weight excluding hydrogens is 430 g/mol. The molecule has 5 nitrogen and oxygen atoms in total. The number of thiazole rings is 1. The van der Waals surface area contributed by atoms with Crippen LogP contribution in [0.5, 0.6) is 0 Å². The van der Waals surface area contributed by atoms with Gasteiger partial charge in [0.15, 0.2) is 5.13 Å². The second-order valence-corrected chi connectivity index (χ2v) is 9.49. The maximum Gasteiger partial charge on any atom is 0.260 e. The summed E-state index contributed by atoms with van der Waals surface area (Å²) in [5.74, 6) is 0.0116. The first-order valence-corrected chi connectivity index (χ1v) is 12.5. The molecule has 2 heterocycles. The summed E-state index contributed by atoms with van der Waals surface area (Å²) in [6.45, 7) is 7.25. The van der Waals surface area contributed by atoms with E-state index in [1.807, 2.05) is 35.2 Å². The lowest BCUT2D eigenvalue weighted by Crippen LogP contribution is -2.39. The molecule has 1 fully saturated rings. The number of hydrogen-bond donors (Lipinski definition) is 0. The number of carbonyl (C=O) groups excluding carboxylic acids is 1. The zero-order valence-corrected chi connectivity index (χ0v) is 19.8. The molecule has 1 aliphatic rings. The molecule has 4 aromatic rings. The van der Waals surface area contributed by atoms with Crippen LogP contribution in [-0.4, -0.2) is 55.2 Å². The van der Waals surface area contributed by atoms with Gasteiger partial charge in [0.05, 0.1) is 23.4 Å². The Bertz CT molecular complexity index is 1260. The molecule has 6 heteroatoms. The van der Waals surface area contributed by atoms with Crippen molar-refractivity contribution in [1.82, 2.24) is 9.88 Å². The van der Waals surface area contributed by atoms with Crippen LogP contribution < -0.4 is 4.90 Å². The summed E-state index contributed by atoms with van der Waals surface area (Å²) in [5, 5.41) is 2.99. The quantitative estimate of drug-likeness (QED) is 0.372. The molecule has 1 aromatic heterocycles. The van der Waals surface area contributed by atoms with Gasteiger partial charge in [-0.2, -0.15) is 0 Å². The Labute approximate surface area is 198 Å². The Morgan fingerprint density at radius 3 is 2.70 bits per heavy atom. The molecule has 3 aromatic carbocycles. The SMILES string of the molecule is CCc1ccc2nc(N(CCCN3CCOCC3)C(=O)c3ccc4ccccc4c3)sc2c1. The Hall–Kier alpha value is -2.80. The zero-order chi connectivity index (χ0) is 22.6. The van der Waals surface area contributed by atoms with E-state index in [4.69, 9.17) is 9.72 Å².